The Hall–Kier alpha value is -1.85. The van der Waals surface area contributed by atoms with Crippen LogP contribution in [0.4, 0.5) is 0 Å². The van der Waals surface area contributed by atoms with E-state index >= 15 is 0 Å². The predicted octanol–water partition coefficient (Wildman–Crippen LogP) is 2.83. The van der Waals surface area contributed by atoms with Gasteiger partial charge in [0.1, 0.15) is 11.5 Å². The van der Waals surface area contributed by atoms with Crippen molar-refractivity contribution in [2.45, 2.75) is 6.61 Å². The number of nitrogens with two attached hydrogens (primary N) is 1. The first-order valence-corrected chi connectivity index (χ1v) is 6.37. The lowest BCUT2D eigenvalue weighted by Crippen LogP contribution is -2.13. The van der Waals surface area contributed by atoms with Gasteiger partial charge < -0.3 is 15.6 Å². The second-order valence-corrected chi connectivity index (χ2v) is 4.70. The van der Waals surface area contributed by atoms with Crippen LogP contribution in [0.1, 0.15) is 15.9 Å². The molecule has 0 bridgehead atoms. The number of rotatable bonds is 4. The third-order valence-electron chi connectivity index (χ3n) is 2.58. The molecular formula is C14H12BrNO3. The molecule has 19 heavy (non-hydrogen) atoms. The van der Waals surface area contributed by atoms with Crippen molar-refractivity contribution in [1.82, 2.24) is 0 Å². The number of carbonyl (C=O) groups is 1. The SMILES string of the molecule is NC(=O)c1c(Br)cccc1Oc1ccccc1CO. The van der Waals surface area contributed by atoms with E-state index in [1.54, 1.807) is 42.5 Å². The van der Waals surface area contributed by atoms with Crippen molar-refractivity contribution in [2.24, 2.45) is 5.73 Å². The molecule has 2 aromatic rings. The summed E-state index contributed by atoms with van der Waals surface area (Å²) in [6.07, 6.45) is 0. The van der Waals surface area contributed by atoms with Crippen LogP contribution in [0.5, 0.6) is 11.5 Å². The van der Waals surface area contributed by atoms with E-state index in [1.807, 2.05) is 0 Å². The van der Waals surface area contributed by atoms with Crippen LogP contribution in [0.15, 0.2) is 46.9 Å². The Morgan fingerprint density at radius 2 is 1.84 bits per heavy atom. The van der Waals surface area contributed by atoms with Crippen LogP contribution in [-0.2, 0) is 6.61 Å². The average Bonchev–Trinajstić information content (AvgIpc) is 2.39. The van der Waals surface area contributed by atoms with E-state index in [1.165, 1.54) is 0 Å². The highest BCUT2D eigenvalue weighted by Crippen LogP contribution is 2.31. The number of aliphatic hydroxyl groups is 1. The highest BCUT2D eigenvalue weighted by molar-refractivity contribution is 9.10. The van der Waals surface area contributed by atoms with E-state index in [4.69, 9.17) is 10.5 Å². The Morgan fingerprint density at radius 1 is 1.16 bits per heavy atom. The van der Waals surface area contributed by atoms with Crippen LogP contribution >= 0.6 is 15.9 Å². The third-order valence-corrected chi connectivity index (χ3v) is 3.25. The summed E-state index contributed by atoms with van der Waals surface area (Å²) in [5, 5.41) is 9.25. The average molecular weight is 322 g/mol. The van der Waals surface area contributed by atoms with Crippen molar-refractivity contribution < 1.29 is 14.6 Å². The molecule has 0 saturated heterocycles. The molecule has 0 aliphatic heterocycles. The first-order valence-electron chi connectivity index (χ1n) is 5.58. The first-order chi connectivity index (χ1) is 9.13. The number of amides is 1. The van der Waals surface area contributed by atoms with Crippen LogP contribution in [0.25, 0.3) is 0 Å². The van der Waals surface area contributed by atoms with Gasteiger partial charge in [-0.2, -0.15) is 0 Å². The lowest BCUT2D eigenvalue weighted by Gasteiger charge is -2.12. The molecule has 0 fully saturated rings. The second kappa shape index (κ2) is 5.86. The maximum atomic E-state index is 11.5. The molecule has 0 unspecified atom stereocenters. The number of carbonyl (C=O) groups excluding carboxylic acids is 1. The highest BCUT2D eigenvalue weighted by atomic mass is 79.9. The zero-order valence-corrected chi connectivity index (χ0v) is 11.6. The standard InChI is InChI=1S/C14H12BrNO3/c15-10-5-3-7-12(13(10)14(16)18)19-11-6-2-1-4-9(11)8-17/h1-7,17H,8H2,(H2,16,18). The minimum absolute atomic E-state index is 0.143. The van der Waals surface area contributed by atoms with Crippen LogP contribution in [0, 0.1) is 0 Å². The summed E-state index contributed by atoms with van der Waals surface area (Å²) in [6.45, 7) is -0.143. The molecular weight excluding hydrogens is 310 g/mol. The van der Waals surface area contributed by atoms with E-state index in [-0.39, 0.29) is 12.2 Å². The minimum Gasteiger partial charge on any atom is -0.456 e. The Morgan fingerprint density at radius 3 is 2.53 bits per heavy atom. The summed E-state index contributed by atoms with van der Waals surface area (Å²) >= 11 is 3.27. The fraction of sp³-hybridized carbons (Fsp3) is 0.0714. The largest absolute Gasteiger partial charge is 0.456 e. The Balaban J connectivity index is 2.44. The molecule has 0 aliphatic rings. The number of aliphatic hydroxyl groups excluding tert-OH is 1. The van der Waals surface area contributed by atoms with Crippen LogP contribution in [0.2, 0.25) is 0 Å². The molecule has 0 aliphatic carbocycles. The van der Waals surface area contributed by atoms with E-state index in [9.17, 15) is 9.90 Å². The van der Waals surface area contributed by atoms with Crippen molar-refractivity contribution in [3.8, 4) is 11.5 Å². The summed E-state index contributed by atoms with van der Waals surface area (Å²) in [4.78, 5) is 11.5. The quantitative estimate of drug-likeness (QED) is 0.909. The van der Waals surface area contributed by atoms with Gasteiger partial charge in [-0.3, -0.25) is 4.79 Å². The van der Waals surface area contributed by atoms with E-state index in [0.29, 0.717) is 21.5 Å². The monoisotopic (exact) mass is 321 g/mol. The third kappa shape index (κ3) is 2.94. The van der Waals surface area contributed by atoms with Crippen molar-refractivity contribution in [2.75, 3.05) is 0 Å². The molecule has 0 spiro atoms. The second-order valence-electron chi connectivity index (χ2n) is 3.85. The van der Waals surface area contributed by atoms with Gasteiger partial charge in [0.15, 0.2) is 0 Å². The van der Waals surface area contributed by atoms with Gasteiger partial charge in [-0.15, -0.1) is 0 Å². The molecule has 3 N–H and O–H groups in total. The molecule has 0 atom stereocenters. The molecule has 0 saturated carbocycles. The molecule has 0 radical (unpaired) electrons. The highest BCUT2D eigenvalue weighted by Gasteiger charge is 2.15. The van der Waals surface area contributed by atoms with Crippen molar-refractivity contribution >= 4 is 21.8 Å². The number of para-hydroxylation sites is 1. The Labute approximate surface area is 118 Å². The molecule has 0 aromatic heterocycles. The Kier molecular flexibility index (Phi) is 4.19. The zero-order valence-electron chi connectivity index (χ0n) is 9.97. The lowest BCUT2D eigenvalue weighted by molar-refractivity contribution is 0.0997. The number of halogens is 1. The summed E-state index contributed by atoms with van der Waals surface area (Å²) in [5.41, 5.74) is 6.25. The minimum atomic E-state index is -0.580. The van der Waals surface area contributed by atoms with Crippen LogP contribution in [0.3, 0.4) is 0 Å². The van der Waals surface area contributed by atoms with Gasteiger partial charge in [-0.25, -0.2) is 0 Å². The van der Waals surface area contributed by atoms with Gasteiger partial charge in [0.25, 0.3) is 5.91 Å². The lowest BCUT2D eigenvalue weighted by atomic mass is 10.2. The molecule has 98 valence electrons. The number of hydrogen-bond donors (Lipinski definition) is 2. The number of ether oxygens (including phenoxy) is 1. The van der Waals surface area contributed by atoms with E-state index in [2.05, 4.69) is 15.9 Å². The fourth-order valence-electron chi connectivity index (χ4n) is 1.68. The fourth-order valence-corrected chi connectivity index (χ4v) is 2.22. The molecule has 4 nitrogen and oxygen atoms in total. The summed E-state index contributed by atoms with van der Waals surface area (Å²) in [6, 6.07) is 12.2. The van der Waals surface area contributed by atoms with Crippen molar-refractivity contribution in [3.05, 3.63) is 58.1 Å². The van der Waals surface area contributed by atoms with Gasteiger partial charge in [0, 0.05) is 10.0 Å². The summed E-state index contributed by atoms with van der Waals surface area (Å²) in [7, 11) is 0. The van der Waals surface area contributed by atoms with E-state index < -0.39 is 5.91 Å². The molecule has 1 amide bonds. The van der Waals surface area contributed by atoms with Gasteiger partial charge >= 0.3 is 0 Å². The zero-order chi connectivity index (χ0) is 13.8. The maximum absolute atomic E-state index is 11.5. The smallest absolute Gasteiger partial charge is 0.253 e. The van der Waals surface area contributed by atoms with Gasteiger partial charge in [-0.05, 0) is 34.1 Å². The van der Waals surface area contributed by atoms with Gasteiger partial charge in [-0.1, -0.05) is 24.3 Å². The number of primary amides is 1. The first kappa shape index (κ1) is 13.6. The Bertz CT molecular complexity index is 613. The molecule has 2 rings (SSSR count). The van der Waals surface area contributed by atoms with Crippen molar-refractivity contribution in [1.29, 1.82) is 0 Å². The molecule has 5 heteroatoms. The topological polar surface area (TPSA) is 72.6 Å². The van der Waals surface area contributed by atoms with Crippen LogP contribution < -0.4 is 10.5 Å². The predicted molar refractivity (Wildman–Crippen MR) is 75.1 cm³/mol. The van der Waals surface area contributed by atoms with Crippen LogP contribution in [-0.4, -0.2) is 11.0 Å². The molecule has 2 aromatic carbocycles. The normalized spacial score (nSPS) is 10.2. The number of hydrogen-bond acceptors (Lipinski definition) is 3. The van der Waals surface area contributed by atoms with Gasteiger partial charge in [0.05, 0.1) is 12.2 Å². The number of benzene rings is 2. The van der Waals surface area contributed by atoms with E-state index in [0.717, 1.165) is 0 Å². The summed E-state index contributed by atoms with van der Waals surface area (Å²) < 4.78 is 6.25. The summed E-state index contributed by atoms with van der Waals surface area (Å²) in [5.74, 6) is 0.261. The van der Waals surface area contributed by atoms with Gasteiger partial charge in [0.2, 0.25) is 0 Å². The maximum Gasteiger partial charge on any atom is 0.253 e. The van der Waals surface area contributed by atoms with Crippen molar-refractivity contribution in [3.63, 3.8) is 0 Å². The molecule has 0 heterocycles.